The molecule has 1 aliphatic heterocycles. The van der Waals surface area contributed by atoms with Crippen molar-refractivity contribution in [2.45, 2.75) is 64.1 Å². The van der Waals surface area contributed by atoms with Crippen molar-refractivity contribution >= 4 is 11.8 Å². The molecule has 1 aromatic heterocycles. The molecule has 1 aromatic rings. The van der Waals surface area contributed by atoms with Crippen LogP contribution in [0.5, 0.6) is 0 Å². The summed E-state index contributed by atoms with van der Waals surface area (Å²) in [4.78, 5) is 26.2. The molecule has 128 valence electrons. The maximum Gasteiger partial charge on any atom is 0.243 e. The van der Waals surface area contributed by atoms with Gasteiger partial charge < -0.3 is 19.7 Å². The van der Waals surface area contributed by atoms with E-state index < -0.39 is 6.10 Å². The summed E-state index contributed by atoms with van der Waals surface area (Å²) < 4.78 is 5.16. The third-order valence-corrected chi connectivity index (χ3v) is 4.27. The molecule has 6 heteroatoms. The molecule has 6 nitrogen and oxygen atoms in total. The monoisotopic (exact) mass is 322 g/mol. The second-order valence-corrected chi connectivity index (χ2v) is 6.13. The van der Waals surface area contributed by atoms with E-state index in [9.17, 15) is 14.7 Å². The highest BCUT2D eigenvalue weighted by atomic mass is 16.4. The summed E-state index contributed by atoms with van der Waals surface area (Å²) in [6, 6.07) is 2.84. The number of amides is 2. The van der Waals surface area contributed by atoms with Crippen LogP contribution in [-0.2, 0) is 9.59 Å². The highest BCUT2D eigenvalue weighted by molar-refractivity contribution is 5.87. The van der Waals surface area contributed by atoms with E-state index >= 15 is 0 Å². The van der Waals surface area contributed by atoms with Crippen molar-refractivity contribution in [1.29, 1.82) is 0 Å². The number of rotatable bonds is 6. The van der Waals surface area contributed by atoms with Gasteiger partial charge >= 0.3 is 0 Å². The molecular weight excluding hydrogens is 296 g/mol. The SMILES string of the molecule is CCC(=O)N1CCCCC1C(=O)NC(C)CC(O)c1ccco1. The van der Waals surface area contributed by atoms with E-state index in [2.05, 4.69) is 5.32 Å². The summed E-state index contributed by atoms with van der Waals surface area (Å²) in [6.07, 6.45) is 4.14. The van der Waals surface area contributed by atoms with Gasteiger partial charge in [-0.1, -0.05) is 6.92 Å². The van der Waals surface area contributed by atoms with Crippen molar-refractivity contribution in [2.75, 3.05) is 6.54 Å². The topological polar surface area (TPSA) is 82.8 Å². The Hall–Kier alpha value is -1.82. The van der Waals surface area contributed by atoms with E-state index in [4.69, 9.17) is 4.42 Å². The Morgan fingerprint density at radius 1 is 1.48 bits per heavy atom. The van der Waals surface area contributed by atoms with Gasteiger partial charge in [0.1, 0.15) is 17.9 Å². The summed E-state index contributed by atoms with van der Waals surface area (Å²) >= 11 is 0. The molecule has 2 heterocycles. The number of hydrogen-bond acceptors (Lipinski definition) is 4. The number of aliphatic hydroxyl groups excluding tert-OH is 1. The van der Waals surface area contributed by atoms with Crippen molar-refractivity contribution in [2.24, 2.45) is 0 Å². The summed E-state index contributed by atoms with van der Waals surface area (Å²) in [6.45, 7) is 4.31. The first kappa shape index (κ1) is 17.5. The van der Waals surface area contributed by atoms with Crippen LogP contribution in [0.3, 0.4) is 0 Å². The minimum atomic E-state index is -0.750. The van der Waals surface area contributed by atoms with Gasteiger partial charge in [-0.15, -0.1) is 0 Å². The molecule has 0 aliphatic carbocycles. The number of aliphatic hydroxyl groups is 1. The molecule has 0 radical (unpaired) electrons. The molecule has 2 amide bonds. The first-order valence-electron chi connectivity index (χ1n) is 8.34. The van der Waals surface area contributed by atoms with Gasteiger partial charge in [-0.05, 0) is 38.3 Å². The quantitative estimate of drug-likeness (QED) is 0.839. The fraction of sp³-hybridized carbons (Fsp3) is 0.647. The lowest BCUT2D eigenvalue weighted by molar-refractivity contribution is -0.142. The number of likely N-dealkylation sites (tertiary alicyclic amines) is 1. The van der Waals surface area contributed by atoms with E-state index in [1.807, 2.05) is 13.8 Å². The predicted molar refractivity (Wildman–Crippen MR) is 85.5 cm³/mol. The number of nitrogens with one attached hydrogen (secondary N) is 1. The Bertz CT molecular complexity index is 515. The second-order valence-electron chi connectivity index (χ2n) is 6.13. The van der Waals surface area contributed by atoms with Crippen molar-refractivity contribution in [1.82, 2.24) is 10.2 Å². The van der Waals surface area contributed by atoms with Gasteiger partial charge in [0.15, 0.2) is 0 Å². The molecular formula is C17H26N2O4. The van der Waals surface area contributed by atoms with Crippen LogP contribution in [0.15, 0.2) is 22.8 Å². The highest BCUT2D eigenvalue weighted by Crippen LogP contribution is 2.21. The van der Waals surface area contributed by atoms with Crippen LogP contribution in [-0.4, -0.2) is 40.4 Å². The number of carbonyl (C=O) groups is 2. The van der Waals surface area contributed by atoms with Crippen LogP contribution in [0.2, 0.25) is 0 Å². The van der Waals surface area contributed by atoms with Crippen LogP contribution in [0.25, 0.3) is 0 Å². The lowest BCUT2D eigenvalue weighted by Crippen LogP contribution is -2.53. The molecule has 0 aromatic carbocycles. The van der Waals surface area contributed by atoms with Gasteiger partial charge in [-0.25, -0.2) is 0 Å². The van der Waals surface area contributed by atoms with Crippen molar-refractivity contribution < 1.29 is 19.1 Å². The third-order valence-electron chi connectivity index (χ3n) is 4.27. The standard InChI is InChI=1S/C17H26N2O4/c1-3-16(21)19-9-5-4-7-13(19)17(22)18-12(2)11-14(20)15-8-6-10-23-15/h6,8,10,12-14,20H,3-5,7,9,11H2,1-2H3,(H,18,22). The molecule has 3 unspecified atom stereocenters. The zero-order chi connectivity index (χ0) is 16.8. The molecule has 0 spiro atoms. The third kappa shape index (κ3) is 4.58. The first-order valence-corrected chi connectivity index (χ1v) is 8.34. The fourth-order valence-corrected chi connectivity index (χ4v) is 3.04. The van der Waals surface area contributed by atoms with Crippen molar-refractivity contribution in [3.8, 4) is 0 Å². The van der Waals surface area contributed by atoms with Crippen LogP contribution in [0, 0.1) is 0 Å². The maximum absolute atomic E-state index is 12.5. The maximum atomic E-state index is 12.5. The van der Waals surface area contributed by atoms with Gasteiger partial charge in [0.05, 0.1) is 6.26 Å². The van der Waals surface area contributed by atoms with Gasteiger partial charge in [0.2, 0.25) is 11.8 Å². The molecule has 1 fully saturated rings. The van der Waals surface area contributed by atoms with E-state index in [1.165, 1.54) is 6.26 Å². The molecule has 0 saturated carbocycles. The number of carbonyl (C=O) groups excluding carboxylic acids is 2. The summed E-state index contributed by atoms with van der Waals surface area (Å²) in [7, 11) is 0. The van der Waals surface area contributed by atoms with Gasteiger partial charge in [-0.2, -0.15) is 0 Å². The smallest absolute Gasteiger partial charge is 0.243 e. The van der Waals surface area contributed by atoms with E-state index in [-0.39, 0.29) is 23.9 Å². The molecule has 2 rings (SSSR count). The predicted octanol–water partition coefficient (Wildman–Crippen LogP) is 2.00. The largest absolute Gasteiger partial charge is 0.467 e. The number of hydrogen-bond donors (Lipinski definition) is 2. The molecule has 3 atom stereocenters. The van der Waals surface area contributed by atoms with Crippen LogP contribution < -0.4 is 5.32 Å². The normalized spacial score (nSPS) is 20.8. The first-order chi connectivity index (χ1) is 11.0. The van der Waals surface area contributed by atoms with E-state index in [0.717, 1.165) is 12.8 Å². The lowest BCUT2D eigenvalue weighted by atomic mass is 10.00. The van der Waals surface area contributed by atoms with E-state index in [0.29, 0.717) is 31.6 Å². The van der Waals surface area contributed by atoms with Gasteiger partial charge in [-0.3, -0.25) is 9.59 Å². The number of nitrogens with zero attached hydrogens (tertiary/aromatic N) is 1. The minimum absolute atomic E-state index is 0.0214. The van der Waals surface area contributed by atoms with E-state index in [1.54, 1.807) is 17.0 Å². The molecule has 1 aliphatic rings. The van der Waals surface area contributed by atoms with Crippen LogP contribution in [0.1, 0.15) is 57.8 Å². The van der Waals surface area contributed by atoms with Crippen molar-refractivity contribution in [3.05, 3.63) is 24.2 Å². The minimum Gasteiger partial charge on any atom is -0.467 e. The molecule has 0 bridgehead atoms. The summed E-state index contributed by atoms with van der Waals surface area (Å²) in [5.41, 5.74) is 0. The lowest BCUT2D eigenvalue weighted by Gasteiger charge is -2.35. The van der Waals surface area contributed by atoms with Gasteiger partial charge in [0, 0.05) is 25.4 Å². The number of piperidine rings is 1. The summed E-state index contributed by atoms with van der Waals surface area (Å²) in [5.74, 6) is 0.380. The average molecular weight is 322 g/mol. The fourth-order valence-electron chi connectivity index (χ4n) is 3.04. The average Bonchev–Trinajstić information content (AvgIpc) is 3.08. The Morgan fingerprint density at radius 3 is 2.91 bits per heavy atom. The number of furan rings is 1. The Morgan fingerprint density at radius 2 is 2.26 bits per heavy atom. The van der Waals surface area contributed by atoms with Crippen LogP contribution in [0.4, 0.5) is 0 Å². The van der Waals surface area contributed by atoms with Crippen molar-refractivity contribution in [3.63, 3.8) is 0 Å². The zero-order valence-electron chi connectivity index (χ0n) is 13.8. The Labute approximate surface area is 136 Å². The Kier molecular flexibility index (Phi) is 6.21. The summed E-state index contributed by atoms with van der Waals surface area (Å²) in [5, 5.41) is 13.0. The highest BCUT2D eigenvalue weighted by Gasteiger charge is 2.32. The molecule has 1 saturated heterocycles. The zero-order valence-corrected chi connectivity index (χ0v) is 13.8. The second kappa shape index (κ2) is 8.15. The van der Waals surface area contributed by atoms with Gasteiger partial charge in [0.25, 0.3) is 0 Å². The van der Waals surface area contributed by atoms with Crippen LogP contribution >= 0.6 is 0 Å². The molecule has 23 heavy (non-hydrogen) atoms. The Balaban J connectivity index is 1.90. The molecule has 2 N–H and O–H groups in total.